The minimum absolute atomic E-state index is 0.564. The van der Waals surface area contributed by atoms with E-state index in [1.165, 1.54) is 28.7 Å². The monoisotopic (exact) mass is 867 g/mol. The first-order valence-corrected chi connectivity index (χ1v) is 25.6. The molecular weight excluding hydrogens is 827 g/mol. The first-order valence-electron chi connectivity index (χ1n) is 21.4. The molecule has 0 radical (unpaired) electrons. The molecule has 3 heterocycles. The molecule has 0 saturated heterocycles. The molecule has 0 N–H and O–H groups in total. The topological polar surface area (TPSA) is 48.5 Å². The van der Waals surface area contributed by atoms with Crippen LogP contribution in [-0.4, -0.2) is 37.4 Å². The van der Waals surface area contributed by atoms with E-state index in [9.17, 15) is 0 Å². The van der Waals surface area contributed by atoms with E-state index in [2.05, 4.69) is 246 Å². The Labute approximate surface area is 367 Å². The molecule has 0 amide bonds. The minimum atomic E-state index is -3.79. The van der Waals surface area contributed by atoms with Crippen LogP contribution in [0, 0.1) is 0 Å². The van der Waals surface area contributed by atoms with E-state index in [1.807, 2.05) is 0 Å². The van der Waals surface area contributed by atoms with Crippen LogP contribution in [-0.2, 0) is 0 Å². The SMILES string of the molecule is c1ccc(-c2ccc[c]([Ge]([c]3ccccc3)([c]3ccccc3)[c]3cccc(-c4nc(-n5c6ccccc6c6ccccc65)nc(-n5c6ccccc6c6ccccc65)n4)c3)c2)cc1. The van der Waals surface area contributed by atoms with Gasteiger partial charge in [0.15, 0.2) is 0 Å². The second kappa shape index (κ2) is 15.2. The number of nitrogens with zero attached hydrogens (tertiary/aromatic N) is 5. The van der Waals surface area contributed by atoms with Crippen molar-refractivity contribution in [3.05, 3.63) is 237 Å². The van der Waals surface area contributed by atoms with Gasteiger partial charge in [0.05, 0.1) is 0 Å². The molecule has 0 aliphatic carbocycles. The first kappa shape index (κ1) is 36.9. The van der Waals surface area contributed by atoms with Crippen LogP contribution in [0.1, 0.15) is 0 Å². The fraction of sp³-hybridized carbons (Fsp3) is 0. The summed E-state index contributed by atoms with van der Waals surface area (Å²) >= 11 is -3.79. The normalized spacial score (nSPS) is 11.8. The Morgan fingerprint density at radius 1 is 0.270 bits per heavy atom. The van der Waals surface area contributed by atoms with E-state index >= 15 is 0 Å². The van der Waals surface area contributed by atoms with E-state index in [-0.39, 0.29) is 0 Å². The number of benzene rings is 9. The van der Waals surface area contributed by atoms with Crippen molar-refractivity contribution in [3.63, 3.8) is 0 Å². The molecule has 0 atom stereocenters. The second-order valence-corrected chi connectivity index (χ2v) is 24.0. The molecule has 0 spiro atoms. The first-order chi connectivity index (χ1) is 31.3. The van der Waals surface area contributed by atoms with E-state index in [4.69, 9.17) is 15.0 Å². The summed E-state index contributed by atoms with van der Waals surface area (Å²) in [5, 5.41) is 4.60. The molecule has 12 aromatic rings. The summed E-state index contributed by atoms with van der Waals surface area (Å²) in [5.74, 6) is 1.74. The number of para-hydroxylation sites is 4. The van der Waals surface area contributed by atoms with E-state index in [1.54, 1.807) is 0 Å². The van der Waals surface area contributed by atoms with Crippen molar-refractivity contribution in [3.8, 4) is 34.4 Å². The van der Waals surface area contributed by atoms with Gasteiger partial charge in [-0.3, -0.25) is 0 Å². The van der Waals surface area contributed by atoms with Crippen molar-refractivity contribution < 1.29 is 0 Å². The fourth-order valence-electron chi connectivity index (χ4n) is 9.79. The van der Waals surface area contributed by atoms with Gasteiger partial charge in [-0.05, 0) is 0 Å². The van der Waals surface area contributed by atoms with Gasteiger partial charge in [0.2, 0.25) is 0 Å². The van der Waals surface area contributed by atoms with Crippen LogP contribution in [0.2, 0.25) is 0 Å². The van der Waals surface area contributed by atoms with Crippen LogP contribution in [0.25, 0.3) is 78.0 Å². The van der Waals surface area contributed by atoms with Crippen molar-refractivity contribution >= 4 is 74.5 Å². The van der Waals surface area contributed by atoms with E-state index in [0.29, 0.717) is 17.7 Å². The Morgan fingerprint density at radius 2 is 0.603 bits per heavy atom. The van der Waals surface area contributed by atoms with Gasteiger partial charge in [-0.2, -0.15) is 0 Å². The fourth-order valence-corrected chi connectivity index (χ4v) is 19.9. The van der Waals surface area contributed by atoms with Crippen molar-refractivity contribution in [2.45, 2.75) is 0 Å². The van der Waals surface area contributed by atoms with Crippen molar-refractivity contribution in [1.29, 1.82) is 0 Å². The summed E-state index contributed by atoms with van der Waals surface area (Å²) in [4.78, 5) is 16.3. The summed E-state index contributed by atoms with van der Waals surface area (Å²) in [6.45, 7) is 0. The summed E-state index contributed by atoms with van der Waals surface area (Å²) < 4.78 is 9.72. The molecule has 6 heteroatoms. The van der Waals surface area contributed by atoms with Gasteiger partial charge < -0.3 is 0 Å². The van der Waals surface area contributed by atoms with Crippen LogP contribution in [0.5, 0.6) is 0 Å². The maximum atomic E-state index is 5.46. The van der Waals surface area contributed by atoms with Crippen molar-refractivity contribution in [2.75, 3.05) is 0 Å². The van der Waals surface area contributed by atoms with Crippen LogP contribution in [0.15, 0.2) is 237 Å². The number of hydrogen-bond acceptors (Lipinski definition) is 3. The van der Waals surface area contributed by atoms with Crippen LogP contribution in [0.3, 0.4) is 0 Å². The quantitative estimate of drug-likeness (QED) is 0.143. The molecule has 5 nitrogen and oxygen atoms in total. The predicted octanol–water partition coefficient (Wildman–Crippen LogP) is 10.8. The van der Waals surface area contributed by atoms with Gasteiger partial charge in [0.25, 0.3) is 0 Å². The molecule has 0 aliphatic heterocycles. The molecule has 9 aromatic carbocycles. The van der Waals surface area contributed by atoms with Gasteiger partial charge in [-0.15, -0.1) is 0 Å². The molecule has 0 saturated carbocycles. The van der Waals surface area contributed by atoms with Crippen LogP contribution in [0.4, 0.5) is 0 Å². The van der Waals surface area contributed by atoms with Gasteiger partial charge in [0, 0.05) is 0 Å². The molecule has 0 fully saturated rings. The molecule has 63 heavy (non-hydrogen) atoms. The standard InChI is InChI=1S/C57H39GeN5/c1-4-20-40(21-5-1)41-22-18-28-45(38-41)58(43-24-6-2-7-25-43,44-26-8-3-9-27-44)46-29-19-23-42(39-46)55-59-56(62-51-34-14-10-30-47(51)48-31-11-15-35-52(48)62)61-57(60-55)63-53-36-16-12-32-49(53)50-33-13-17-37-54(50)63/h1-39H. The van der Waals surface area contributed by atoms with Crippen molar-refractivity contribution in [2.24, 2.45) is 0 Å². The zero-order chi connectivity index (χ0) is 41.7. The molecule has 0 bridgehead atoms. The summed E-state index contributed by atoms with van der Waals surface area (Å²) in [7, 11) is 0. The average molecular weight is 867 g/mol. The number of hydrogen-bond donors (Lipinski definition) is 0. The predicted molar refractivity (Wildman–Crippen MR) is 263 cm³/mol. The Morgan fingerprint density at radius 3 is 1.05 bits per heavy atom. The third kappa shape index (κ3) is 6.04. The van der Waals surface area contributed by atoms with Gasteiger partial charge in [0.1, 0.15) is 0 Å². The third-order valence-electron chi connectivity index (χ3n) is 12.5. The van der Waals surface area contributed by atoms with Crippen LogP contribution < -0.4 is 17.6 Å². The Hall–Kier alpha value is -7.87. The Balaban J connectivity index is 1.15. The zero-order valence-corrected chi connectivity index (χ0v) is 36.4. The molecule has 296 valence electrons. The zero-order valence-electron chi connectivity index (χ0n) is 34.3. The summed E-state index contributed by atoms with van der Waals surface area (Å²) in [6, 6.07) is 85.4. The van der Waals surface area contributed by atoms with Gasteiger partial charge >= 0.3 is 370 Å². The number of fused-ring (bicyclic) bond motifs is 6. The Bertz CT molecular complexity index is 3360. The van der Waals surface area contributed by atoms with E-state index < -0.39 is 13.3 Å². The van der Waals surface area contributed by atoms with Crippen LogP contribution >= 0.6 is 0 Å². The molecule has 0 unspecified atom stereocenters. The van der Waals surface area contributed by atoms with E-state index in [0.717, 1.165) is 49.2 Å². The average Bonchev–Trinajstić information content (AvgIpc) is 3.89. The molecular formula is C57H39GeN5. The van der Waals surface area contributed by atoms with Gasteiger partial charge in [-0.25, -0.2) is 0 Å². The number of aromatic nitrogens is 5. The Kier molecular flexibility index (Phi) is 8.94. The number of rotatable bonds is 8. The second-order valence-electron chi connectivity index (χ2n) is 16.0. The summed E-state index contributed by atoms with van der Waals surface area (Å²) in [6.07, 6.45) is 0. The maximum absolute atomic E-state index is 5.46. The molecule has 0 aliphatic rings. The molecule has 12 rings (SSSR count). The third-order valence-corrected chi connectivity index (χ3v) is 22.5. The molecule has 3 aromatic heterocycles. The summed E-state index contributed by atoms with van der Waals surface area (Å²) in [5.41, 5.74) is 7.49. The van der Waals surface area contributed by atoms with Crippen molar-refractivity contribution in [1.82, 2.24) is 24.1 Å². The van der Waals surface area contributed by atoms with Gasteiger partial charge in [-0.1, -0.05) is 0 Å².